The van der Waals surface area contributed by atoms with Crippen LogP contribution in [0.25, 0.3) is 0 Å². The quantitative estimate of drug-likeness (QED) is 0.816. The number of terminal acetylenes is 1. The zero-order valence-corrected chi connectivity index (χ0v) is 10.8. The molecule has 1 rings (SSSR count). The van der Waals surface area contributed by atoms with Crippen molar-refractivity contribution >= 4 is 15.9 Å². The molecule has 0 spiro atoms. The molecule has 1 unspecified atom stereocenters. The molecule has 0 aliphatic heterocycles. The fraction of sp³-hybridized carbons (Fsp3) is 0.385. The van der Waals surface area contributed by atoms with E-state index in [-0.39, 0.29) is 5.82 Å². The molecule has 0 heterocycles. The van der Waals surface area contributed by atoms with Gasteiger partial charge in [0, 0.05) is 23.5 Å². The number of nitrogens with one attached hydrogen (secondary N) is 1. The summed E-state index contributed by atoms with van der Waals surface area (Å²) < 4.78 is 13.6. The second-order valence-corrected chi connectivity index (χ2v) is 4.48. The van der Waals surface area contributed by atoms with Gasteiger partial charge in [0.1, 0.15) is 5.82 Å². The normalized spacial score (nSPS) is 12.1. The summed E-state index contributed by atoms with van der Waals surface area (Å²) in [6.45, 7) is 2.79. The smallest absolute Gasteiger partial charge is 0.124 e. The summed E-state index contributed by atoms with van der Waals surface area (Å²) in [7, 11) is 0. The van der Waals surface area contributed by atoms with Gasteiger partial charge in [0.25, 0.3) is 0 Å². The highest BCUT2D eigenvalue weighted by Crippen LogP contribution is 2.18. The van der Waals surface area contributed by atoms with Crippen molar-refractivity contribution < 1.29 is 4.39 Å². The maximum Gasteiger partial charge on any atom is 0.124 e. The molecule has 0 aliphatic rings. The van der Waals surface area contributed by atoms with Crippen LogP contribution in [0.15, 0.2) is 22.7 Å². The Labute approximate surface area is 105 Å². The van der Waals surface area contributed by atoms with E-state index in [9.17, 15) is 4.39 Å². The minimum absolute atomic E-state index is 0.230. The zero-order valence-electron chi connectivity index (χ0n) is 9.26. The van der Waals surface area contributed by atoms with Crippen molar-refractivity contribution in [2.24, 2.45) is 0 Å². The Morgan fingerprint density at radius 1 is 1.56 bits per heavy atom. The molecule has 0 saturated carbocycles. The Balaban J connectivity index is 2.57. The predicted octanol–water partition coefficient (Wildman–Crippen LogP) is 3.48. The Morgan fingerprint density at radius 2 is 2.31 bits per heavy atom. The minimum Gasteiger partial charge on any atom is -0.309 e. The first-order valence-corrected chi connectivity index (χ1v) is 6.07. The van der Waals surface area contributed by atoms with Gasteiger partial charge < -0.3 is 5.32 Å². The lowest BCUT2D eigenvalue weighted by atomic mass is 10.1. The molecule has 3 heteroatoms. The van der Waals surface area contributed by atoms with Crippen molar-refractivity contribution in [2.75, 3.05) is 0 Å². The number of hydrogen-bond donors (Lipinski definition) is 1. The Morgan fingerprint density at radius 3 is 2.88 bits per heavy atom. The molecule has 1 nitrogen and oxygen atoms in total. The molecular formula is C13H15BrFN. The molecule has 0 aliphatic carbocycles. The summed E-state index contributed by atoms with van der Waals surface area (Å²) in [6.07, 6.45) is 6.98. The molecule has 0 bridgehead atoms. The molecule has 0 radical (unpaired) electrons. The van der Waals surface area contributed by atoms with E-state index in [1.165, 1.54) is 12.1 Å². The summed E-state index contributed by atoms with van der Waals surface area (Å²) in [4.78, 5) is 0. The van der Waals surface area contributed by atoms with E-state index in [1.807, 2.05) is 0 Å². The molecule has 0 aromatic heterocycles. The molecular weight excluding hydrogens is 269 g/mol. The van der Waals surface area contributed by atoms with Gasteiger partial charge >= 0.3 is 0 Å². The van der Waals surface area contributed by atoms with Crippen LogP contribution in [0.2, 0.25) is 0 Å². The SMILES string of the molecule is C#CCC(CC)NCc1ccc(F)cc1Br. The summed E-state index contributed by atoms with van der Waals surface area (Å²) in [5.74, 6) is 2.41. The van der Waals surface area contributed by atoms with Crippen molar-refractivity contribution in [1.29, 1.82) is 0 Å². The molecule has 1 aromatic carbocycles. The van der Waals surface area contributed by atoms with Crippen LogP contribution in [-0.2, 0) is 6.54 Å². The third-order valence-corrected chi connectivity index (χ3v) is 3.19. The molecule has 0 saturated heterocycles. The maximum absolute atomic E-state index is 12.9. The molecule has 0 fully saturated rings. The van der Waals surface area contributed by atoms with Crippen molar-refractivity contribution in [3.63, 3.8) is 0 Å². The third-order valence-electron chi connectivity index (χ3n) is 2.45. The maximum atomic E-state index is 12.9. The minimum atomic E-state index is -0.230. The van der Waals surface area contributed by atoms with Crippen molar-refractivity contribution in [2.45, 2.75) is 32.4 Å². The van der Waals surface area contributed by atoms with E-state index >= 15 is 0 Å². The lowest BCUT2D eigenvalue weighted by Crippen LogP contribution is -2.27. The van der Waals surface area contributed by atoms with Crippen LogP contribution in [0, 0.1) is 18.2 Å². The number of rotatable bonds is 5. The average molecular weight is 284 g/mol. The lowest BCUT2D eigenvalue weighted by Gasteiger charge is -2.14. The van der Waals surface area contributed by atoms with Crippen LogP contribution in [0.4, 0.5) is 4.39 Å². The second-order valence-electron chi connectivity index (χ2n) is 3.63. The molecule has 86 valence electrons. The number of hydrogen-bond acceptors (Lipinski definition) is 1. The van der Waals surface area contributed by atoms with Gasteiger partial charge in [-0.3, -0.25) is 0 Å². The monoisotopic (exact) mass is 283 g/mol. The van der Waals surface area contributed by atoms with E-state index in [0.29, 0.717) is 12.6 Å². The first-order chi connectivity index (χ1) is 7.67. The standard InChI is InChI=1S/C13H15BrFN/c1-3-5-12(4-2)16-9-10-6-7-11(15)8-13(10)14/h1,6-8,12,16H,4-5,9H2,2H3. The van der Waals surface area contributed by atoms with Gasteiger partial charge in [0.05, 0.1) is 0 Å². The molecule has 0 amide bonds. The average Bonchev–Trinajstić information content (AvgIpc) is 2.26. The van der Waals surface area contributed by atoms with Crippen LogP contribution in [0.1, 0.15) is 25.3 Å². The van der Waals surface area contributed by atoms with E-state index < -0.39 is 0 Å². The third kappa shape index (κ3) is 3.96. The second kappa shape index (κ2) is 6.67. The molecule has 16 heavy (non-hydrogen) atoms. The van der Waals surface area contributed by atoms with Crippen molar-refractivity contribution in [3.05, 3.63) is 34.1 Å². The number of benzene rings is 1. The van der Waals surface area contributed by atoms with Gasteiger partial charge in [-0.25, -0.2) is 4.39 Å². The summed E-state index contributed by atoms with van der Waals surface area (Å²) in [6, 6.07) is 5.03. The van der Waals surface area contributed by atoms with Crippen molar-refractivity contribution in [3.8, 4) is 12.3 Å². The highest BCUT2D eigenvalue weighted by Gasteiger charge is 2.06. The zero-order chi connectivity index (χ0) is 12.0. The Bertz CT molecular complexity index is 384. The van der Waals surface area contributed by atoms with Gasteiger partial charge in [0.2, 0.25) is 0 Å². The fourth-order valence-electron chi connectivity index (χ4n) is 1.42. The Kier molecular flexibility index (Phi) is 5.51. The van der Waals surface area contributed by atoms with Gasteiger partial charge in [-0.05, 0) is 24.1 Å². The van der Waals surface area contributed by atoms with Gasteiger partial charge in [-0.2, -0.15) is 0 Å². The first kappa shape index (κ1) is 13.2. The van der Waals surface area contributed by atoms with E-state index in [4.69, 9.17) is 6.42 Å². The van der Waals surface area contributed by atoms with Crippen LogP contribution >= 0.6 is 15.9 Å². The summed E-state index contributed by atoms with van der Waals surface area (Å²) in [5, 5.41) is 3.35. The molecule has 1 atom stereocenters. The topological polar surface area (TPSA) is 12.0 Å². The van der Waals surface area contributed by atoms with E-state index in [1.54, 1.807) is 6.07 Å². The highest BCUT2D eigenvalue weighted by molar-refractivity contribution is 9.10. The fourth-order valence-corrected chi connectivity index (χ4v) is 1.91. The first-order valence-electron chi connectivity index (χ1n) is 5.28. The van der Waals surface area contributed by atoms with Crippen LogP contribution in [0.5, 0.6) is 0 Å². The van der Waals surface area contributed by atoms with Gasteiger partial charge in [-0.1, -0.05) is 28.9 Å². The number of halogens is 2. The largest absolute Gasteiger partial charge is 0.309 e. The van der Waals surface area contributed by atoms with Gasteiger partial charge in [0.15, 0.2) is 0 Å². The van der Waals surface area contributed by atoms with Crippen LogP contribution < -0.4 is 5.32 Å². The highest BCUT2D eigenvalue weighted by atomic mass is 79.9. The van der Waals surface area contributed by atoms with Gasteiger partial charge in [-0.15, -0.1) is 12.3 Å². The lowest BCUT2D eigenvalue weighted by molar-refractivity contribution is 0.505. The van der Waals surface area contributed by atoms with Crippen LogP contribution in [-0.4, -0.2) is 6.04 Å². The van der Waals surface area contributed by atoms with Crippen LogP contribution in [0.3, 0.4) is 0 Å². The molecule has 1 N–H and O–H groups in total. The Hall–Kier alpha value is -0.850. The van der Waals surface area contributed by atoms with E-state index in [2.05, 4.69) is 34.1 Å². The summed E-state index contributed by atoms with van der Waals surface area (Å²) in [5.41, 5.74) is 1.04. The van der Waals surface area contributed by atoms with Crippen molar-refractivity contribution in [1.82, 2.24) is 5.32 Å². The van der Waals surface area contributed by atoms with E-state index in [0.717, 1.165) is 22.9 Å². The predicted molar refractivity (Wildman–Crippen MR) is 68.5 cm³/mol. The summed E-state index contributed by atoms with van der Waals surface area (Å²) >= 11 is 3.34. The molecule has 1 aromatic rings.